The minimum atomic E-state index is -3.73. The second kappa shape index (κ2) is 6.97. The Morgan fingerprint density at radius 1 is 1.07 bits per heavy atom. The molecule has 0 radical (unpaired) electrons. The van der Waals surface area contributed by atoms with Gasteiger partial charge in [-0.1, -0.05) is 5.16 Å². The van der Waals surface area contributed by atoms with E-state index in [9.17, 15) is 18.4 Å². The summed E-state index contributed by atoms with van der Waals surface area (Å²) >= 11 is 4.86. The molecule has 0 bridgehead atoms. The van der Waals surface area contributed by atoms with Gasteiger partial charge >= 0.3 is 11.3 Å². The van der Waals surface area contributed by atoms with Crippen LogP contribution in [0.3, 0.4) is 0 Å². The maximum Gasteiger partial charge on any atom is 0.400 e. The van der Waals surface area contributed by atoms with Gasteiger partial charge in [0, 0.05) is 24.3 Å². The molecule has 0 spiro atoms. The summed E-state index contributed by atoms with van der Waals surface area (Å²) in [7, 11) is 0. The van der Waals surface area contributed by atoms with Gasteiger partial charge in [0.25, 0.3) is 10.9 Å². The number of halogens is 3. The second-order valence-corrected chi connectivity index (χ2v) is 7.03. The second-order valence-electron chi connectivity index (χ2n) is 6.55. The molecule has 1 N–H and O–H groups in total. The lowest BCUT2D eigenvalue weighted by Crippen LogP contribution is -2.44. The maximum atomic E-state index is 13.0. The monoisotopic (exact) mass is 408 g/mol. The number of aromatic nitrogens is 2. The lowest BCUT2D eigenvalue weighted by molar-refractivity contribution is 0.0551. The molecule has 10 heteroatoms. The highest BCUT2D eigenvalue weighted by Crippen LogP contribution is 2.32. The summed E-state index contributed by atoms with van der Waals surface area (Å²) < 4.78 is 30.4. The van der Waals surface area contributed by atoms with Gasteiger partial charge in [-0.3, -0.25) is 9.59 Å². The highest BCUT2D eigenvalue weighted by atomic mass is 35.5. The van der Waals surface area contributed by atoms with Gasteiger partial charge in [-0.2, -0.15) is 13.8 Å². The van der Waals surface area contributed by atoms with Crippen LogP contribution in [0.4, 0.5) is 25.8 Å². The van der Waals surface area contributed by atoms with Crippen molar-refractivity contribution in [1.82, 2.24) is 10.1 Å². The largest absolute Gasteiger partial charge is 0.400 e. The van der Waals surface area contributed by atoms with Crippen LogP contribution in [-0.2, 0) is 5.38 Å². The molecule has 1 aromatic heterocycles. The van der Waals surface area contributed by atoms with E-state index >= 15 is 0 Å². The minimum absolute atomic E-state index is 0.0370. The fourth-order valence-corrected chi connectivity index (χ4v) is 3.29. The van der Waals surface area contributed by atoms with Crippen molar-refractivity contribution in [3.8, 4) is 11.4 Å². The summed E-state index contributed by atoms with van der Waals surface area (Å²) in [4.78, 5) is 29.5. The van der Waals surface area contributed by atoms with Crippen LogP contribution >= 0.6 is 11.6 Å². The van der Waals surface area contributed by atoms with E-state index in [1.54, 1.807) is 24.3 Å². The Hall–Kier alpha value is -2.81. The van der Waals surface area contributed by atoms with Gasteiger partial charge in [0.15, 0.2) is 0 Å². The smallest absolute Gasteiger partial charge is 0.366 e. The third-order valence-electron chi connectivity index (χ3n) is 4.64. The Kier molecular flexibility index (Phi) is 4.62. The first kappa shape index (κ1) is 18.5. The molecular formula is C18H15ClF2N4O3. The quantitative estimate of drug-likeness (QED) is 0.511. The molecule has 0 unspecified atom stereocenters. The van der Waals surface area contributed by atoms with Crippen LogP contribution in [0.2, 0.25) is 0 Å². The van der Waals surface area contributed by atoms with Crippen molar-refractivity contribution in [2.45, 2.75) is 24.6 Å². The topological polar surface area (TPSA) is 88.3 Å². The lowest BCUT2D eigenvalue weighted by atomic mass is 10.1. The van der Waals surface area contributed by atoms with Gasteiger partial charge < -0.3 is 14.7 Å². The van der Waals surface area contributed by atoms with Crippen molar-refractivity contribution in [3.05, 3.63) is 50.6 Å². The van der Waals surface area contributed by atoms with Crippen molar-refractivity contribution in [2.75, 3.05) is 23.3 Å². The van der Waals surface area contributed by atoms with Crippen LogP contribution in [0.5, 0.6) is 0 Å². The van der Waals surface area contributed by atoms with Crippen molar-refractivity contribution in [1.29, 1.82) is 0 Å². The molecule has 2 heterocycles. The van der Waals surface area contributed by atoms with Gasteiger partial charge in [0.1, 0.15) is 11.4 Å². The molecule has 2 aromatic carbocycles. The van der Waals surface area contributed by atoms with Gasteiger partial charge in [0.05, 0.1) is 0 Å². The number of anilines is 3. The molecule has 0 amide bonds. The molecule has 146 valence electrons. The maximum absolute atomic E-state index is 13.0. The highest BCUT2D eigenvalue weighted by Gasteiger charge is 2.35. The van der Waals surface area contributed by atoms with Crippen LogP contribution < -0.4 is 21.1 Å². The summed E-state index contributed by atoms with van der Waals surface area (Å²) in [6.07, 6.45) is 3.09. The summed E-state index contributed by atoms with van der Waals surface area (Å²) in [6.45, 7) is 1.51. The Labute approximate surface area is 162 Å². The normalized spacial score (nSPS) is 15.2. The van der Waals surface area contributed by atoms with Crippen molar-refractivity contribution in [3.63, 3.8) is 0 Å². The predicted octanol–water partition coefficient (Wildman–Crippen LogP) is 3.35. The summed E-state index contributed by atoms with van der Waals surface area (Å²) in [5.74, 6) is -1.02. The zero-order valence-electron chi connectivity index (χ0n) is 14.5. The summed E-state index contributed by atoms with van der Waals surface area (Å²) in [5, 5.41) is 2.72. The van der Waals surface area contributed by atoms with Crippen LogP contribution in [0.25, 0.3) is 11.4 Å². The Balaban J connectivity index is 1.53. The zero-order valence-corrected chi connectivity index (χ0v) is 15.3. The molecular weight excluding hydrogens is 394 g/mol. The molecule has 28 heavy (non-hydrogen) atoms. The molecule has 1 aliphatic heterocycles. The fraction of sp³-hybridized carbons (Fsp3) is 0.333. The van der Waals surface area contributed by atoms with Gasteiger partial charge in [-0.15, -0.1) is 0 Å². The SMILES string of the molecule is O=c1c(Nc2ccc(-c3noc(C(F)(F)Cl)n3)cc2)c(N2CCCCC2)c1=O. The van der Waals surface area contributed by atoms with Crippen LogP contribution in [0.15, 0.2) is 38.4 Å². The molecule has 4 rings (SSSR count). The lowest BCUT2D eigenvalue weighted by Gasteiger charge is -2.30. The van der Waals surface area contributed by atoms with Crippen molar-refractivity contribution < 1.29 is 13.3 Å². The van der Waals surface area contributed by atoms with Gasteiger partial charge in [-0.25, -0.2) is 0 Å². The van der Waals surface area contributed by atoms with Crippen molar-refractivity contribution in [2.24, 2.45) is 0 Å². The van der Waals surface area contributed by atoms with E-state index in [0.29, 0.717) is 16.9 Å². The first-order chi connectivity index (χ1) is 13.3. The molecule has 1 aliphatic rings. The van der Waals surface area contributed by atoms with Crippen LogP contribution in [0, 0.1) is 0 Å². The Bertz CT molecular complexity index is 1060. The van der Waals surface area contributed by atoms with E-state index in [1.807, 2.05) is 4.90 Å². The third-order valence-corrected chi connectivity index (χ3v) is 4.80. The van der Waals surface area contributed by atoms with Crippen LogP contribution in [0.1, 0.15) is 25.2 Å². The first-order valence-corrected chi connectivity index (χ1v) is 9.09. The van der Waals surface area contributed by atoms with Crippen molar-refractivity contribution >= 4 is 28.7 Å². The molecule has 0 aliphatic carbocycles. The summed E-state index contributed by atoms with van der Waals surface area (Å²) in [6, 6.07) is 6.41. The number of alkyl halides is 3. The summed E-state index contributed by atoms with van der Waals surface area (Å²) in [5.41, 5.74) is 0.701. The highest BCUT2D eigenvalue weighted by molar-refractivity contribution is 6.21. The molecule has 1 saturated heterocycles. The molecule has 1 fully saturated rings. The average Bonchev–Trinajstić information content (AvgIpc) is 3.19. The number of hydrogen-bond acceptors (Lipinski definition) is 7. The first-order valence-electron chi connectivity index (χ1n) is 8.71. The van der Waals surface area contributed by atoms with E-state index in [0.717, 1.165) is 32.4 Å². The van der Waals surface area contributed by atoms with Crippen LogP contribution in [-0.4, -0.2) is 23.2 Å². The number of piperidine rings is 1. The van der Waals surface area contributed by atoms with E-state index < -0.39 is 22.1 Å². The minimum Gasteiger partial charge on any atom is -0.366 e. The van der Waals surface area contributed by atoms with Gasteiger partial charge in [-0.05, 0) is 55.1 Å². The number of nitrogens with one attached hydrogen (secondary N) is 1. The number of rotatable bonds is 5. The number of nitrogens with zero attached hydrogens (tertiary/aromatic N) is 3. The Morgan fingerprint density at radius 2 is 1.75 bits per heavy atom. The molecule has 0 saturated carbocycles. The Morgan fingerprint density at radius 3 is 2.36 bits per heavy atom. The van der Waals surface area contributed by atoms with E-state index in [4.69, 9.17) is 11.6 Å². The molecule has 0 atom stereocenters. The van der Waals surface area contributed by atoms with Gasteiger partial charge in [0.2, 0.25) is 5.82 Å². The van der Waals surface area contributed by atoms with E-state index in [2.05, 4.69) is 20.0 Å². The molecule has 3 aromatic rings. The standard InChI is InChI=1S/C18H15ClF2N4O3/c19-18(20,21)17-23-16(24-28-17)10-4-6-11(7-5-10)22-12-13(15(27)14(12)26)25-8-2-1-3-9-25/h4-7,22H,1-3,8-9H2. The third kappa shape index (κ3) is 3.37. The molecule has 7 nitrogen and oxygen atoms in total. The van der Waals surface area contributed by atoms with E-state index in [-0.39, 0.29) is 11.5 Å². The zero-order chi connectivity index (χ0) is 19.9. The predicted molar refractivity (Wildman–Crippen MR) is 100 cm³/mol. The fourth-order valence-electron chi connectivity index (χ4n) is 3.22. The number of hydrogen-bond donors (Lipinski definition) is 1. The van der Waals surface area contributed by atoms with E-state index in [1.165, 1.54) is 0 Å². The number of benzene rings is 1. The average molecular weight is 409 g/mol.